The zero-order valence-electron chi connectivity index (χ0n) is 9.25. The Morgan fingerprint density at radius 2 is 2.07 bits per heavy atom. The lowest BCUT2D eigenvalue weighted by Gasteiger charge is -2.15. The molecule has 2 amide bonds. The first kappa shape index (κ1) is 11.2. The zero-order chi connectivity index (χ0) is 10.7. The number of hydrogen-bond acceptors (Lipinski definition) is 2. The molecule has 14 heavy (non-hydrogen) atoms. The van der Waals surface area contributed by atoms with E-state index in [2.05, 4.69) is 6.92 Å². The Hall–Kier alpha value is -0.860. The molecule has 3 heteroatoms. The minimum absolute atomic E-state index is 0.0159. The van der Waals surface area contributed by atoms with Gasteiger partial charge in [-0.25, -0.2) is 0 Å². The molecule has 3 nitrogen and oxygen atoms in total. The van der Waals surface area contributed by atoms with Crippen LogP contribution in [0.1, 0.15) is 40.0 Å². The van der Waals surface area contributed by atoms with Crippen LogP contribution in [0.3, 0.4) is 0 Å². The van der Waals surface area contributed by atoms with Crippen LogP contribution in [0.25, 0.3) is 0 Å². The normalized spacial score (nSPS) is 22.6. The quantitative estimate of drug-likeness (QED) is 0.645. The molecule has 0 spiro atoms. The molecule has 0 bridgehead atoms. The Labute approximate surface area is 85.5 Å². The van der Waals surface area contributed by atoms with Crippen LogP contribution >= 0.6 is 0 Å². The summed E-state index contributed by atoms with van der Waals surface area (Å²) in [4.78, 5) is 24.7. The van der Waals surface area contributed by atoms with Crippen LogP contribution in [-0.2, 0) is 9.59 Å². The number of nitrogens with zero attached hydrogens (tertiary/aromatic N) is 1. The van der Waals surface area contributed by atoms with Crippen molar-refractivity contribution in [2.24, 2.45) is 11.8 Å². The monoisotopic (exact) mass is 197 g/mol. The van der Waals surface area contributed by atoms with E-state index in [4.69, 9.17) is 0 Å². The van der Waals surface area contributed by atoms with Gasteiger partial charge >= 0.3 is 0 Å². The number of amides is 2. The van der Waals surface area contributed by atoms with Crippen LogP contribution in [0, 0.1) is 11.8 Å². The molecule has 80 valence electrons. The number of carbonyl (C=O) groups excluding carboxylic acids is 2. The van der Waals surface area contributed by atoms with E-state index >= 15 is 0 Å². The first-order valence-electron chi connectivity index (χ1n) is 5.42. The smallest absolute Gasteiger partial charge is 0.233 e. The topological polar surface area (TPSA) is 37.4 Å². The summed E-state index contributed by atoms with van der Waals surface area (Å²) in [6, 6.07) is 0. The van der Waals surface area contributed by atoms with Gasteiger partial charge in [0.2, 0.25) is 11.8 Å². The second-order valence-corrected chi connectivity index (χ2v) is 4.29. The van der Waals surface area contributed by atoms with Crippen molar-refractivity contribution in [2.75, 3.05) is 6.54 Å². The molecule has 0 aromatic carbocycles. The SMILES string of the molecule is CCCCN1C(=O)CC(C(C)C)C1=O. The summed E-state index contributed by atoms with van der Waals surface area (Å²) in [6.07, 6.45) is 2.35. The molecule has 1 atom stereocenters. The van der Waals surface area contributed by atoms with Crippen molar-refractivity contribution in [2.45, 2.75) is 40.0 Å². The highest BCUT2D eigenvalue weighted by atomic mass is 16.2. The molecule has 0 radical (unpaired) electrons. The summed E-state index contributed by atoms with van der Waals surface area (Å²) in [5, 5.41) is 0. The van der Waals surface area contributed by atoms with Crippen molar-refractivity contribution in [3.05, 3.63) is 0 Å². The van der Waals surface area contributed by atoms with Gasteiger partial charge in [0.05, 0.1) is 0 Å². The molecule has 1 saturated heterocycles. The summed E-state index contributed by atoms with van der Waals surface area (Å²) in [6.45, 7) is 6.67. The summed E-state index contributed by atoms with van der Waals surface area (Å²) in [5.41, 5.74) is 0. The van der Waals surface area contributed by atoms with Crippen molar-refractivity contribution in [3.8, 4) is 0 Å². The van der Waals surface area contributed by atoms with E-state index in [1.54, 1.807) is 0 Å². The minimum atomic E-state index is -0.0700. The van der Waals surface area contributed by atoms with Gasteiger partial charge in [0.15, 0.2) is 0 Å². The Kier molecular flexibility index (Phi) is 3.67. The highest BCUT2D eigenvalue weighted by Gasteiger charge is 2.39. The number of hydrogen-bond donors (Lipinski definition) is 0. The third-order valence-corrected chi connectivity index (χ3v) is 2.82. The van der Waals surface area contributed by atoms with Gasteiger partial charge in [-0.3, -0.25) is 14.5 Å². The van der Waals surface area contributed by atoms with Crippen molar-refractivity contribution in [1.82, 2.24) is 4.90 Å². The van der Waals surface area contributed by atoms with Crippen molar-refractivity contribution in [3.63, 3.8) is 0 Å². The lowest BCUT2D eigenvalue weighted by Crippen LogP contribution is -2.32. The van der Waals surface area contributed by atoms with Crippen LogP contribution in [0.5, 0.6) is 0 Å². The van der Waals surface area contributed by atoms with E-state index in [9.17, 15) is 9.59 Å². The summed E-state index contributed by atoms with van der Waals surface area (Å²) in [5.74, 6) is 0.262. The van der Waals surface area contributed by atoms with Gasteiger partial charge in [0.1, 0.15) is 0 Å². The molecule has 0 aromatic rings. The fourth-order valence-corrected chi connectivity index (χ4v) is 1.78. The molecular weight excluding hydrogens is 178 g/mol. The van der Waals surface area contributed by atoms with Gasteiger partial charge in [-0.1, -0.05) is 27.2 Å². The molecular formula is C11H19NO2. The highest BCUT2D eigenvalue weighted by Crippen LogP contribution is 2.26. The number of carbonyl (C=O) groups is 2. The molecule has 1 aliphatic rings. The minimum Gasteiger partial charge on any atom is -0.282 e. The fourth-order valence-electron chi connectivity index (χ4n) is 1.78. The molecule has 0 aromatic heterocycles. The average Bonchev–Trinajstić information content (AvgIpc) is 2.40. The standard InChI is InChI=1S/C11H19NO2/c1-4-5-6-12-10(13)7-9(8(2)3)11(12)14/h8-9H,4-7H2,1-3H3. The molecule has 1 heterocycles. The van der Waals surface area contributed by atoms with E-state index in [1.807, 2.05) is 13.8 Å². The van der Waals surface area contributed by atoms with Gasteiger partial charge < -0.3 is 0 Å². The molecule has 0 saturated carbocycles. The number of rotatable bonds is 4. The second kappa shape index (κ2) is 4.58. The number of unbranched alkanes of at least 4 members (excludes halogenated alkanes) is 1. The molecule has 1 rings (SSSR count). The lowest BCUT2D eigenvalue weighted by atomic mass is 9.94. The Morgan fingerprint density at radius 1 is 1.43 bits per heavy atom. The van der Waals surface area contributed by atoms with Crippen LogP contribution in [0.15, 0.2) is 0 Å². The Balaban J connectivity index is 2.61. The fraction of sp³-hybridized carbons (Fsp3) is 0.818. The maximum atomic E-state index is 11.8. The summed E-state index contributed by atoms with van der Waals surface area (Å²) in [7, 11) is 0. The van der Waals surface area contributed by atoms with Crippen LogP contribution in [0.4, 0.5) is 0 Å². The molecule has 0 aliphatic carbocycles. The van der Waals surface area contributed by atoms with Crippen LogP contribution in [0.2, 0.25) is 0 Å². The third-order valence-electron chi connectivity index (χ3n) is 2.82. The number of likely N-dealkylation sites (tertiary alicyclic amines) is 1. The van der Waals surface area contributed by atoms with Crippen molar-refractivity contribution < 1.29 is 9.59 Å². The average molecular weight is 197 g/mol. The number of imide groups is 1. The first-order valence-corrected chi connectivity index (χ1v) is 5.42. The first-order chi connectivity index (χ1) is 6.57. The Morgan fingerprint density at radius 3 is 2.50 bits per heavy atom. The van der Waals surface area contributed by atoms with Crippen molar-refractivity contribution >= 4 is 11.8 Å². The molecule has 0 N–H and O–H groups in total. The van der Waals surface area contributed by atoms with E-state index in [0.717, 1.165) is 12.8 Å². The van der Waals surface area contributed by atoms with Gasteiger partial charge in [0.25, 0.3) is 0 Å². The van der Waals surface area contributed by atoms with E-state index in [0.29, 0.717) is 13.0 Å². The van der Waals surface area contributed by atoms with Crippen LogP contribution < -0.4 is 0 Å². The summed E-state index contributed by atoms with van der Waals surface area (Å²) >= 11 is 0. The molecule has 1 unspecified atom stereocenters. The van der Waals surface area contributed by atoms with E-state index < -0.39 is 0 Å². The predicted molar refractivity (Wildman–Crippen MR) is 54.6 cm³/mol. The van der Waals surface area contributed by atoms with Crippen LogP contribution in [-0.4, -0.2) is 23.3 Å². The predicted octanol–water partition coefficient (Wildman–Crippen LogP) is 1.82. The Bertz CT molecular complexity index is 235. The van der Waals surface area contributed by atoms with Gasteiger partial charge in [-0.05, 0) is 12.3 Å². The highest BCUT2D eigenvalue weighted by molar-refractivity contribution is 6.03. The van der Waals surface area contributed by atoms with Gasteiger partial charge in [-0.2, -0.15) is 0 Å². The van der Waals surface area contributed by atoms with Gasteiger partial charge in [0, 0.05) is 18.9 Å². The maximum absolute atomic E-state index is 11.8. The van der Waals surface area contributed by atoms with Gasteiger partial charge in [-0.15, -0.1) is 0 Å². The van der Waals surface area contributed by atoms with Crippen molar-refractivity contribution in [1.29, 1.82) is 0 Å². The molecule has 1 aliphatic heterocycles. The summed E-state index contributed by atoms with van der Waals surface area (Å²) < 4.78 is 0. The molecule has 1 fully saturated rings. The second-order valence-electron chi connectivity index (χ2n) is 4.29. The lowest BCUT2D eigenvalue weighted by molar-refractivity contribution is -0.139. The maximum Gasteiger partial charge on any atom is 0.233 e. The van der Waals surface area contributed by atoms with E-state index in [1.165, 1.54) is 4.90 Å². The zero-order valence-corrected chi connectivity index (χ0v) is 9.25. The largest absolute Gasteiger partial charge is 0.282 e. The van der Waals surface area contributed by atoms with E-state index in [-0.39, 0.29) is 23.7 Å². The third kappa shape index (κ3) is 2.14.